The lowest BCUT2D eigenvalue weighted by molar-refractivity contribution is 0.250. The third-order valence-electron chi connectivity index (χ3n) is 4.53. The van der Waals surface area contributed by atoms with Gasteiger partial charge < -0.3 is 9.88 Å². The van der Waals surface area contributed by atoms with E-state index in [1.807, 2.05) is 36.7 Å². The molecule has 3 heterocycles. The minimum Gasteiger partial charge on any atom is -0.368 e. The Kier molecular flexibility index (Phi) is 4.35. The summed E-state index contributed by atoms with van der Waals surface area (Å²) in [5.74, 6) is 0. The Hall–Kier alpha value is -1.75. The van der Waals surface area contributed by atoms with Crippen molar-refractivity contribution in [2.24, 2.45) is 0 Å². The lowest BCUT2D eigenvalue weighted by Gasteiger charge is -2.36. The molecule has 1 aromatic carbocycles. The molecule has 0 saturated carbocycles. The van der Waals surface area contributed by atoms with E-state index in [1.165, 1.54) is 5.69 Å². The van der Waals surface area contributed by atoms with Gasteiger partial charge in [0.2, 0.25) is 0 Å². The van der Waals surface area contributed by atoms with Crippen LogP contribution in [0.1, 0.15) is 5.56 Å². The van der Waals surface area contributed by atoms with Crippen molar-refractivity contribution in [2.45, 2.75) is 6.54 Å². The molecule has 1 fully saturated rings. The van der Waals surface area contributed by atoms with Gasteiger partial charge in [-0.2, -0.15) is 0 Å². The van der Waals surface area contributed by atoms with Gasteiger partial charge in [0.15, 0.2) is 0 Å². The highest BCUT2D eigenvalue weighted by Crippen LogP contribution is 2.24. The van der Waals surface area contributed by atoms with E-state index >= 15 is 0 Å². The third-order valence-corrected chi connectivity index (χ3v) is 5.12. The molecule has 1 saturated heterocycles. The second kappa shape index (κ2) is 6.63. The average molecular weight is 361 g/mol. The van der Waals surface area contributed by atoms with Crippen molar-refractivity contribution in [3.05, 3.63) is 58.3 Å². The Bertz CT molecular complexity index is 853. The number of benzene rings is 1. The summed E-state index contributed by atoms with van der Waals surface area (Å²) in [6, 6.07) is 9.89. The van der Waals surface area contributed by atoms with Crippen molar-refractivity contribution in [1.29, 1.82) is 0 Å². The van der Waals surface area contributed by atoms with Crippen LogP contribution < -0.4 is 4.90 Å². The Morgan fingerprint density at radius 3 is 2.67 bits per heavy atom. The highest BCUT2D eigenvalue weighted by atomic mass is 35.5. The Morgan fingerprint density at radius 2 is 1.88 bits per heavy atom. The van der Waals surface area contributed by atoms with Gasteiger partial charge in [0.25, 0.3) is 0 Å². The maximum Gasteiger partial charge on any atom is 0.0880 e. The van der Waals surface area contributed by atoms with Crippen molar-refractivity contribution < 1.29 is 0 Å². The fraction of sp³-hybridized carbons (Fsp3) is 0.278. The maximum absolute atomic E-state index is 6.28. The number of rotatable bonds is 3. The van der Waals surface area contributed by atoms with Crippen LogP contribution in [0, 0.1) is 0 Å². The summed E-state index contributed by atoms with van der Waals surface area (Å²) < 4.78 is 0. The predicted molar refractivity (Wildman–Crippen MR) is 100 cm³/mol. The molecule has 0 atom stereocenters. The largest absolute Gasteiger partial charge is 0.368 e. The van der Waals surface area contributed by atoms with Crippen LogP contribution in [0.4, 0.5) is 5.69 Å². The fourth-order valence-corrected chi connectivity index (χ4v) is 3.62. The topological polar surface area (TPSA) is 35.2 Å². The molecule has 0 radical (unpaired) electrons. The first-order valence-corrected chi connectivity index (χ1v) is 8.79. The van der Waals surface area contributed by atoms with Gasteiger partial charge >= 0.3 is 0 Å². The van der Waals surface area contributed by atoms with Gasteiger partial charge in [0.1, 0.15) is 0 Å². The number of nitrogens with zero attached hydrogens (tertiary/aromatic N) is 3. The molecule has 1 aliphatic heterocycles. The van der Waals surface area contributed by atoms with Gasteiger partial charge in [-0.05, 0) is 29.8 Å². The van der Waals surface area contributed by atoms with Crippen LogP contribution in [-0.2, 0) is 6.54 Å². The second-order valence-corrected chi connectivity index (χ2v) is 6.95. The molecule has 1 N–H and O–H groups in total. The van der Waals surface area contributed by atoms with Gasteiger partial charge in [-0.25, -0.2) is 0 Å². The van der Waals surface area contributed by atoms with E-state index in [0.717, 1.165) is 54.3 Å². The van der Waals surface area contributed by atoms with Gasteiger partial charge in [-0.15, -0.1) is 0 Å². The van der Waals surface area contributed by atoms with Crippen LogP contribution in [0.25, 0.3) is 11.0 Å². The number of pyridine rings is 1. The molecule has 2 aromatic heterocycles. The molecular formula is C18H18Cl2N4. The van der Waals surface area contributed by atoms with E-state index in [0.29, 0.717) is 5.02 Å². The molecule has 0 unspecified atom stereocenters. The third kappa shape index (κ3) is 3.22. The molecule has 0 spiro atoms. The number of aromatic amines is 1. The summed E-state index contributed by atoms with van der Waals surface area (Å²) in [5.41, 5.74) is 4.40. The van der Waals surface area contributed by atoms with Crippen molar-refractivity contribution in [3.63, 3.8) is 0 Å². The number of hydrogen-bond acceptors (Lipinski definition) is 3. The highest BCUT2D eigenvalue weighted by molar-refractivity contribution is 6.35. The minimum absolute atomic E-state index is 0.681. The molecule has 4 rings (SSSR count). The first-order chi connectivity index (χ1) is 11.7. The molecule has 1 aliphatic rings. The maximum atomic E-state index is 6.28. The summed E-state index contributed by atoms with van der Waals surface area (Å²) in [6.07, 6.45) is 3.89. The first-order valence-electron chi connectivity index (χ1n) is 8.03. The molecule has 3 aromatic rings. The zero-order chi connectivity index (χ0) is 16.5. The quantitative estimate of drug-likeness (QED) is 0.760. The van der Waals surface area contributed by atoms with Crippen LogP contribution in [0.2, 0.25) is 10.0 Å². The van der Waals surface area contributed by atoms with E-state index in [1.54, 1.807) is 0 Å². The van der Waals surface area contributed by atoms with Gasteiger partial charge in [-0.1, -0.05) is 29.3 Å². The lowest BCUT2D eigenvalue weighted by atomic mass is 10.2. The number of anilines is 1. The number of aromatic nitrogens is 2. The number of halogens is 2. The molecular weight excluding hydrogens is 343 g/mol. The number of nitrogens with one attached hydrogen (secondary N) is 1. The monoisotopic (exact) mass is 360 g/mol. The van der Waals surface area contributed by atoms with Gasteiger partial charge in [0, 0.05) is 49.0 Å². The fourth-order valence-electron chi connectivity index (χ4n) is 3.15. The smallest absolute Gasteiger partial charge is 0.0880 e. The van der Waals surface area contributed by atoms with Gasteiger partial charge in [-0.3, -0.25) is 9.88 Å². The summed E-state index contributed by atoms with van der Waals surface area (Å²) in [7, 11) is 0. The van der Waals surface area contributed by atoms with Crippen molar-refractivity contribution in [2.75, 3.05) is 31.1 Å². The van der Waals surface area contributed by atoms with Crippen LogP contribution >= 0.6 is 23.2 Å². The Labute approximate surface area is 151 Å². The summed E-state index contributed by atoms with van der Waals surface area (Å²) in [5, 5.41) is 1.42. The van der Waals surface area contributed by atoms with E-state index in [2.05, 4.69) is 25.8 Å². The lowest BCUT2D eigenvalue weighted by Crippen LogP contribution is -2.46. The normalized spacial score (nSPS) is 16.0. The first kappa shape index (κ1) is 15.8. The van der Waals surface area contributed by atoms with Crippen molar-refractivity contribution in [3.8, 4) is 0 Å². The van der Waals surface area contributed by atoms with Crippen molar-refractivity contribution in [1.82, 2.24) is 14.9 Å². The SMILES string of the molecule is Clc1ccc(CN2CCN(c3cnc4cc[nH]c4c3)CC2)c(Cl)c1. The molecule has 0 bridgehead atoms. The second-order valence-electron chi connectivity index (χ2n) is 6.10. The van der Waals surface area contributed by atoms with Crippen LogP contribution in [0.5, 0.6) is 0 Å². The molecule has 6 heteroatoms. The summed E-state index contributed by atoms with van der Waals surface area (Å²) in [6.45, 7) is 4.83. The number of piperazine rings is 1. The van der Waals surface area contributed by atoms with Crippen LogP contribution in [0.3, 0.4) is 0 Å². The van der Waals surface area contributed by atoms with E-state index in [9.17, 15) is 0 Å². The van der Waals surface area contributed by atoms with E-state index in [-0.39, 0.29) is 0 Å². The zero-order valence-corrected chi connectivity index (χ0v) is 14.7. The molecule has 0 amide bonds. The standard InChI is InChI=1S/C18H18Cl2N4/c19-14-2-1-13(16(20)9-14)12-23-5-7-24(8-6-23)15-10-18-17(22-11-15)3-4-21-18/h1-4,9-11,21H,5-8,12H2. The number of hydrogen-bond donors (Lipinski definition) is 1. The van der Waals surface area contributed by atoms with Crippen LogP contribution in [-0.4, -0.2) is 41.0 Å². The average Bonchev–Trinajstić information content (AvgIpc) is 3.06. The Morgan fingerprint density at radius 1 is 1.04 bits per heavy atom. The summed E-state index contributed by atoms with van der Waals surface area (Å²) in [4.78, 5) is 12.5. The molecule has 124 valence electrons. The highest BCUT2D eigenvalue weighted by Gasteiger charge is 2.18. The zero-order valence-electron chi connectivity index (χ0n) is 13.2. The minimum atomic E-state index is 0.681. The van der Waals surface area contributed by atoms with Gasteiger partial charge in [0.05, 0.1) is 22.9 Å². The predicted octanol–water partition coefficient (Wildman–Crippen LogP) is 4.19. The molecule has 0 aliphatic carbocycles. The Balaban J connectivity index is 1.41. The van der Waals surface area contributed by atoms with E-state index < -0.39 is 0 Å². The van der Waals surface area contributed by atoms with Crippen molar-refractivity contribution >= 4 is 39.9 Å². The number of fused-ring (bicyclic) bond motifs is 1. The molecule has 4 nitrogen and oxygen atoms in total. The molecule has 24 heavy (non-hydrogen) atoms. The van der Waals surface area contributed by atoms with Crippen LogP contribution in [0.15, 0.2) is 42.7 Å². The summed E-state index contributed by atoms with van der Waals surface area (Å²) >= 11 is 12.3. The van der Waals surface area contributed by atoms with E-state index in [4.69, 9.17) is 23.2 Å². The number of H-pyrrole nitrogens is 1.